The molecule has 2 aliphatic carbocycles. The van der Waals surface area contributed by atoms with E-state index in [1.54, 1.807) is 29.4 Å². The normalized spacial score (nSPS) is 15.3. The van der Waals surface area contributed by atoms with Crippen molar-refractivity contribution in [3.05, 3.63) is 46.5 Å². The van der Waals surface area contributed by atoms with Crippen molar-refractivity contribution in [2.24, 2.45) is 0 Å². The van der Waals surface area contributed by atoms with Crippen molar-refractivity contribution >= 4 is 89.4 Å². The molecule has 0 radical (unpaired) electrons. The molecule has 58 heavy (non-hydrogen) atoms. The van der Waals surface area contributed by atoms with Gasteiger partial charge in [0.15, 0.2) is 0 Å². The van der Waals surface area contributed by atoms with Gasteiger partial charge in [0, 0.05) is 0 Å². The summed E-state index contributed by atoms with van der Waals surface area (Å²) in [5.41, 5.74) is 17.1. The molecule has 8 heteroatoms. The first-order valence-electron chi connectivity index (χ1n) is 23.7. The van der Waals surface area contributed by atoms with E-state index in [1.165, 1.54) is 196 Å². The number of aromatic nitrogens is 4. The molecule has 0 saturated carbocycles. The second kappa shape index (κ2) is 18.7. The monoisotopic (exact) mass is 1030 g/mol. The molecule has 0 unspecified atom stereocenters. The van der Waals surface area contributed by atoms with Gasteiger partial charge in [-0.2, -0.15) is 0 Å². The van der Waals surface area contributed by atoms with Crippen LogP contribution in [0.5, 0.6) is 0 Å². The minimum atomic E-state index is -2.61. The number of unbranched alkanes of at least 4 members (excludes halogenated alkanes) is 12. The Labute approximate surface area is 369 Å². The summed E-state index contributed by atoms with van der Waals surface area (Å²) in [5, 5.41) is 0. The summed E-state index contributed by atoms with van der Waals surface area (Å²) in [7, 11) is 0. The SMILES string of the molecule is CCCCCCC1(CCCCCC)c2cc3c(cc2-c2c1c[c]([Sn]([CH3])([CH3])[CH3])c1nsnc21)C(CCCCCC)(CCCCCC)c1c[c]([Sn]([CH3])([CH3])[CH3])c2nsnc2c1-3. The van der Waals surface area contributed by atoms with Crippen molar-refractivity contribution in [3.63, 3.8) is 0 Å². The van der Waals surface area contributed by atoms with Gasteiger partial charge in [0.05, 0.1) is 0 Å². The van der Waals surface area contributed by atoms with Gasteiger partial charge in [-0.15, -0.1) is 0 Å². The molecule has 7 rings (SSSR count). The van der Waals surface area contributed by atoms with Crippen LogP contribution < -0.4 is 7.16 Å². The minimum absolute atomic E-state index is 0.0141. The molecule has 0 amide bonds. The second-order valence-corrected chi connectivity index (χ2v) is 50.3. The van der Waals surface area contributed by atoms with Gasteiger partial charge in [0.1, 0.15) is 0 Å². The topological polar surface area (TPSA) is 51.6 Å². The van der Waals surface area contributed by atoms with Gasteiger partial charge in [0.2, 0.25) is 0 Å². The van der Waals surface area contributed by atoms with Crippen LogP contribution in [0.25, 0.3) is 44.3 Å². The van der Waals surface area contributed by atoms with Crippen LogP contribution in [0, 0.1) is 0 Å². The molecule has 314 valence electrons. The van der Waals surface area contributed by atoms with Crippen molar-refractivity contribution in [3.8, 4) is 22.3 Å². The molecular formula is C50H74N4S2Sn2. The zero-order valence-corrected chi connectivity index (χ0v) is 45.4. The average Bonchev–Trinajstić information content (AvgIpc) is 3.97. The Balaban J connectivity index is 1.57. The van der Waals surface area contributed by atoms with E-state index in [4.69, 9.17) is 17.5 Å². The van der Waals surface area contributed by atoms with Crippen molar-refractivity contribution in [2.75, 3.05) is 0 Å². The first-order valence-corrected chi connectivity index (χ1v) is 45.1. The van der Waals surface area contributed by atoms with E-state index < -0.39 is 36.8 Å². The molecule has 2 heterocycles. The van der Waals surface area contributed by atoms with Crippen LogP contribution in [0.1, 0.15) is 178 Å². The summed E-state index contributed by atoms with van der Waals surface area (Å²) in [5.74, 6) is 0. The molecule has 0 spiro atoms. The van der Waals surface area contributed by atoms with Crippen molar-refractivity contribution in [1.29, 1.82) is 0 Å². The third-order valence-corrected chi connectivity index (χ3v) is 26.7. The van der Waals surface area contributed by atoms with Gasteiger partial charge in [-0.05, 0) is 0 Å². The van der Waals surface area contributed by atoms with E-state index in [1.807, 2.05) is 0 Å². The van der Waals surface area contributed by atoms with Crippen molar-refractivity contribution in [2.45, 2.75) is 197 Å². The fourth-order valence-corrected chi connectivity index (χ4v) is 21.1. The summed E-state index contributed by atoms with van der Waals surface area (Å²) in [6.07, 6.45) is 25.6. The first kappa shape index (κ1) is 44.9. The van der Waals surface area contributed by atoms with Gasteiger partial charge in [-0.25, -0.2) is 0 Å². The summed E-state index contributed by atoms with van der Waals surface area (Å²) in [6, 6.07) is 11.0. The van der Waals surface area contributed by atoms with Crippen LogP contribution >= 0.6 is 23.5 Å². The number of hydrogen-bond acceptors (Lipinski definition) is 6. The zero-order valence-electron chi connectivity index (χ0n) is 38.1. The van der Waals surface area contributed by atoms with Crippen LogP contribution in [0.4, 0.5) is 0 Å². The average molecular weight is 1030 g/mol. The Morgan fingerprint density at radius 1 is 0.397 bits per heavy atom. The fraction of sp³-hybridized carbons (Fsp3) is 0.640. The van der Waals surface area contributed by atoms with Crippen LogP contribution in [0.3, 0.4) is 0 Å². The summed E-state index contributed by atoms with van der Waals surface area (Å²) >= 11 is -2.33. The van der Waals surface area contributed by atoms with E-state index in [2.05, 4.69) is 81.6 Å². The third kappa shape index (κ3) is 8.27. The van der Waals surface area contributed by atoms with Crippen molar-refractivity contribution < 1.29 is 0 Å². The Kier molecular flexibility index (Phi) is 14.5. The molecule has 2 aliphatic rings. The zero-order chi connectivity index (χ0) is 41.3. The Bertz CT molecular complexity index is 2020. The fourth-order valence-electron chi connectivity index (χ4n) is 11.2. The third-order valence-electron chi connectivity index (χ3n) is 14.3. The molecule has 5 aromatic rings. The summed E-state index contributed by atoms with van der Waals surface area (Å²) in [4.78, 5) is 15.5. The predicted octanol–water partition coefficient (Wildman–Crippen LogP) is 15.2. The standard InChI is InChI=1S/C44H56N4S2.6CH3.2Sn/c1-5-9-13-17-25-43(26-18-14-10-6-2)33-21-23-37-41(47-49-45-37)39(33)31-30-36-32(29-35(31)43)40-34(22-24-38-42(40)48-50-46-38)44(36,27-19-15-11-7-3)28-20-16-12-8-4;;;;;;;;/h21-22,29-30H,5-20,25-28H2,1-4H3;6*1H3;;. The van der Waals surface area contributed by atoms with E-state index in [0.717, 1.165) is 0 Å². The maximum atomic E-state index is 5.28. The van der Waals surface area contributed by atoms with Gasteiger partial charge in [-0.1, -0.05) is 0 Å². The van der Waals surface area contributed by atoms with E-state index in [9.17, 15) is 0 Å². The van der Waals surface area contributed by atoms with E-state index >= 15 is 0 Å². The Morgan fingerprint density at radius 3 is 1.00 bits per heavy atom. The van der Waals surface area contributed by atoms with Crippen LogP contribution in [0.15, 0.2) is 24.3 Å². The quantitative estimate of drug-likeness (QED) is 0.0512. The Hall–Kier alpha value is -1.10. The van der Waals surface area contributed by atoms with Crippen LogP contribution in [-0.4, -0.2) is 54.2 Å². The molecule has 0 aliphatic heterocycles. The van der Waals surface area contributed by atoms with E-state index in [-0.39, 0.29) is 10.8 Å². The predicted molar refractivity (Wildman–Crippen MR) is 262 cm³/mol. The van der Waals surface area contributed by atoms with Crippen LogP contribution in [0.2, 0.25) is 29.6 Å². The molecular weight excluding hydrogens is 958 g/mol. The van der Waals surface area contributed by atoms with Gasteiger partial charge in [0.25, 0.3) is 0 Å². The summed E-state index contributed by atoms with van der Waals surface area (Å²) < 4.78 is 24.0. The number of rotatable bonds is 22. The van der Waals surface area contributed by atoms with Gasteiger partial charge < -0.3 is 0 Å². The number of fused-ring (bicyclic) bond motifs is 10. The maximum absolute atomic E-state index is 5.28. The molecule has 3 aromatic carbocycles. The number of hydrogen-bond donors (Lipinski definition) is 0. The molecule has 0 bridgehead atoms. The summed E-state index contributed by atoms with van der Waals surface area (Å²) in [6.45, 7) is 9.43. The molecule has 0 atom stereocenters. The number of benzene rings is 3. The first-order chi connectivity index (χ1) is 27.9. The second-order valence-electron chi connectivity index (χ2n) is 20.5. The van der Waals surface area contributed by atoms with Crippen molar-refractivity contribution in [1.82, 2.24) is 17.5 Å². The Morgan fingerprint density at radius 2 is 0.707 bits per heavy atom. The van der Waals surface area contributed by atoms with Crippen LogP contribution in [-0.2, 0) is 10.8 Å². The molecule has 2 aromatic heterocycles. The molecule has 0 fully saturated rings. The molecule has 0 saturated heterocycles. The molecule has 4 nitrogen and oxygen atoms in total. The van der Waals surface area contributed by atoms with Gasteiger partial charge in [-0.3, -0.25) is 0 Å². The molecule has 0 N–H and O–H groups in total. The van der Waals surface area contributed by atoms with E-state index in [0.29, 0.717) is 0 Å². The number of nitrogens with zero attached hydrogens (tertiary/aromatic N) is 4. The van der Waals surface area contributed by atoms with Gasteiger partial charge >= 0.3 is 372 Å².